The van der Waals surface area contributed by atoms with E-state index >= 15 is 0 Å². The fraction of sp³-hybridized carbons (Fsp3) is 0.0625. The predicted molar refractivity (Wildman–Crippen MR) is 86.9 cm³/mol. The van der Waals surface area contributed by atoms with E-state index in [2.05, 4.69) is 31.2 Å². The number of anilines is 1. The normalized spacial score (nSPS) is 10.4. The molecule has 0 spiro atoms. The van der Waals surface area contributed by atoms with Crippen molar-refractivity contribution < 1.29 is 0 Å². The predicted octanol–water partition coefficient (Wildman–Crippen LogP) is 4.91. The lowest BCUT2D eigenvalue weighted by atomic mass is 10.0. The first-order chi connectivity index (χ1) is 9.70. The molecule has 2 heterocycles. The van der Waals surface area contributed by atoms with Gasteiger partial charge in [0.2, 0.25) is 0 Å². The second kappa shape index (κ2) is 5.12. The van der Waals surface area contributed by atoms with Crippen LogP contribution in [0.25, 0.3) is 20.9 Å². The van der Waals surface area contributed by atoms with E-state index in [0.29, 0.717) is 10.6 Å². The first kappa shape index (κ1) is 12.9. The molecule has 4 heteroatoms. The molecule has 0 unspecified atom stereocenters. The van der Waals surface area contributed by atoms with Gasteiger partial charge in [-0.1, -0.05) is 35.9 Å². The van der Waals surface area contributed by atoms with Crippen LogP contribution in [0.2, 0.25) is 0 Å². The van der Waals surface area contributed by atoms with Crippen LogP contribution < -0.4 is 5.73 Å². The number of aryl methyl sites for hydroxylation is 1. The molecule has 0 fully saturated rings. The minimum atomic E-state index is 0.588. The summed E-state index contributed by atoms with van der Waals surface area (Å²) >= 11 is 3.11. The summed E-state index contributed by atoms with van der Waals surface area (Å²) < 4.78 is 0. The van der Waals surface area contributed by atoms with Crippen molar-refractivity contribution >= 4 is 28.4 Å². The Morgan fingerprint density at radius 1 is 1.20 bits per heavy atom. The Bertz CT molecular complexity index is 792. The quantitative estimate of drug-likeness (QED) is 0.730. The van der Waals surface area contributed by atoms with Gasteiger partial charge < -0.3 is 5.73 Å². The number of rotatable bonds is 2. The Morgan fingerprint density at radius 2 is 2.05 bits per heavy atom. The number of thiophene rings is 2. The van der Waals surface area contributed by atoms with E-state index in [9.17, 15) is 5.26 Å². The average molecular weight is 296 g/mol. The monoisotopic (exact) mass is 296 g/mol. The van der Waals surface area contributed by atoms with Crippen molar-refractivity contribution in [2.45, 2.75) is 6.92 Å². The van der Waals surface area contributed by atoms with Crippen LogP contribution in [0.5, 0.6) is 0 Å². The van der Waals surface area contributed by atoms with E-state index in [-0.39, 0.29) is 0 Å². The van der Waals surface area contributed by atoms with E-state index in [1.54, 1.807) is 11.3 Å². The van der Waals surface area contributed by atoms with Crippen LogP contribution in [0.1, 0.15) is 10.4 Å². The number of hydrogen-bond donors (Lipinski definition) is 1. The molecule has 0 aliphatic carbocycles. The topological polar surface area (TPSA) is 49.8 Å². The molecule has 0 bridgehead atoms. The Labute approximate surface area is 125 Å². The molecule has 0 amide bonds. The van der Waals surface area contributed by atoms with Crippen LogP contribution in [0.4, 0.5) is 5.69 Å². The van der Waals surface area contributed by atoms with Gasteiger partial charge in [-0.25, -0.2) is 0 Å². The van der Waals surface area contributed by atoms with E-state index in [4.69, 9.17) is 5.73 Å². The first-order valence-corrected chi connectivity index (χ1v) is 7.83. The Kier molecular flexibility index (Phi) is 3.31. The number of nitrogens with two attached hydrogens (primary N) is 1. The van der Waals surface area contributed by atoms with Crippen LogP contribution in [0, 0.1) is 18.3 Å². The third kappa shape index (κ3) is 2.11. The Balaban J connectivity index is 2.28. The molecule has 0 saturated heterocycles. The van der Waals surface area contributed by atoms with Crippen molar-refractivity contribution in [3.63, 3.8) is 0 Å². The lowest BCUT2D eigenvalue weighted by Crippen LogP contribution is -1.87. The van der Waals surface area contributed by atoms with Crippen LogP contribution in [0.15, 0.2) is 41.8 Å². The van der Waals surface area contributed by atoms with Crippen molar-refractivity contribution in [2.24, 2.45) is 0 Å². The molecule has 2 N–H and O–H groups in total. The Morgan fingerprint density at radius 3 is 2.70 bits per heavy atom. The van der Waals surface area contributed by atoms with E-state index < -0.39 is 0 Å². The molecule has 0 radical (unpaired) electrons. The fourth-order valence-electron chi connectivity index (χ4n) is 2.18. The second-order valence-corrected chi connectivity index (χ2v) is 6.48. The van der Waals surface area contributed by atoms with Crippen molar-refractivity contribution in [1.29, 1.82) is 5.26 Å². The number of nitrogen functional groups attached to an aromatic ring is 1. The third-order valence-electron chi connectivity index (χ3n) is 3.09. The lowest BCUT2D eigenvalue weighted by molar-refractivity contribution is 1.48. The van der Waals surface area contributed by atoms with Gasteiger partial charge in [0.05, 0.1) is 5.69 Å². The van der Waals surface area contributed by atoms with Gasteiger partial charge in [0, 0.05) is 15.3 Å². The highest BCUT2D eigenvalue weighted by Gasteiger charge is 2.19. The second-order valence-electron chi connectivity index (χ2n) is 4.51. The summed E-state index contributed by atoms with van der Waals surface area (Å²) in [7, 11) is 0. The summed E-state index contributed by atoms with van der Waals surface area (Å²) in [4.78, 5) is 2.77. The van der Waals surface area contributed by atoms with Crippen LogP contribution in [0.3, 0.4) is 0 Å². The smallest absolute Gasteiger partial charge is 0.129 e. The van der Waals surface area contributed by atoms with Gasteiger partial charge in [-0.15, -0.1) is 22.7 Å². The molecule has 0 aliphatic heterocycles. The van der Waals surface area contributed by atoms with Crippen molar-refractivity contribution in [3.8, 4) is 27.0 Å². The highest BCUT2D eigenvalue weighted by molar-refractivity contribution is 7.18. The number of nitrogens with zero attached hydrogens (tertiary/aromatic N) is 1. The molecular formula is C16H12N2S2. The van der Waals surface area contributed by atoms with Gasteiger partial charge >= 0.3 is 0 Å². The average Bonchev–Trinajstić information content (AvgIpc) is 3.05. The molecule has 20 heavy (non-hydrogen) atoms. The summed E-state index contributed by atoms with van der Waals surface area (Å²) in [5.41, 5.74) is 10.1. The molecule has 2 aromatic heterocycles. The molecule has 3 aromatic rings. The lowest BCUT2D eigenvalue weighted by Gasteiger charge is -2.04. The SMILES string of the molecule is Cc1cccc(-c2sc(C#N)c(N)c2-c2cccs2)c1. The standard InChI is InChI=1S/C16H12N2S2/c1-10-4-2-5-11(8-10)16-14(12-6-3-7-19-12)15(18)13(9-17)20-16/h2-8H,18H2,1H3. The number of benzene rings is 1. The molecule has 98 valence electrons. The molecule has 0 aliphatic rings. The maximum absolute atomic E-state index is 9.24. The number of hydrogen-bond acceptors (Lipinski definition) is 4. The van der Waals surface area contributed by atoms with Gasteiger partial charge in [-0.05, 0) is 23.9 Å². The Hall–Kier alpha value is -2.09. The summed E-state index contributed by atoms with van der Waals surface area (Å²) in [5, 5.41) is 11.3. The van der Waals surface area contributed by atoms with Crippen molar-refractivity contribution in [2.75, 3.05) is 5.73 Å². The van der Waals surface area contributed by atoms with Gasteiger partial charge in [-0.3, -0.25) is 0 Å². The zero-order valence-corrected chi connectivity index (χ0v) is 12.5. The number of nitriles is 1. The highest BCUT2D eigenvalue weighted by atomic mass is 32.1. The molecule has 0 saturated carbocycles. The van der Waals surface area contributed by atoms with Crippen LogP contribution in [-0.4, -0.2) is 0 Å². The zero-order chi connectivity index (χ0) is 14.1. The highest BCUT2D eigenvalue weighted by Crippen LogP contribution is 2.46. The van der Waals surface area contributed by atoms with Gasteiger partial charge in [-0.2, -0.15) is 5.26 Å². The van der Waals surface area contributed by atoms with Crippen LogP contribution in [-0.2, 0) is 0 Å². The molecule has 3 rings (SSSR count). The maximum atomic E-state index is 9.24. The minimum Gasteiger partial charge on any atom is -0.396 e. The van der Waals surface area contributed by atoms with Crippen LogP contribution >= 0.6 is 22.7 Å². The third-order valence-corrected chi connectivity index (χ3v) is 5.14. The largest absolute Gasteiger partial charge is 0.396 e. The zero-order valence-electron chi connectivity index (χ0n) is 10.9. The molecule has 0 atom stereocenters. The van der Waals surface area contributed by atoms with Gasteiger partial charge in [0.25, 0.3) is 0 Å². The molecule has 2 nitrogen and oxygen atoms in total. The molecule has 1 aromatic carbocycles. The van der Waals surface area contributed by atoms with E-state index in [1.807, 2.05) is 23.6 Å². The fourth-order valence-corrected chi connectivity index (χ4v) is 4.07. The van der Waals surface area contributed by atoms with Crippen molar-refractivity contribution in [1.82, 2.24) is 0 Å². The van der Waals surface area contributed by atoms with Crippen molar-refractivity contribution in [3.05, 3.63) is 52.2 Å². The van der Waals surface area contributed by atoms with Gasteiger partial charge in [0.1, 0.15) is 10.9 Å². The first-order valence-electron chi connectivity index (χ1n) is 6.14. The summed E-state index contributed by atoms with van der Waals surface area (Å²) in [6, 6.07) is 14.5. The van der Waals surface area contributed by atoms with E-state index in [0.717, 1.165) is 20.9 Å². The molecular weight excluding hydrogens is 284 g/mol. The maximum Gasteiger partial charge on any atom is 0.129 e. The summed E-state index contributed by atoms with van der Waals surface area (Å²) in [5.74, 6) is 0. The summed E-state index contributed by atoms with van der Waals surface area (Å²) in [6.07, 6.45) is 0. The van der Waals surface area contributed by atoms with E-state index in [1.165, 1.54) is 16.9 Å². The van der Waals surface area contributed by atoms with Gasteiger partial charge in [0.15, 0.2) is 0 Å². The minimum absolute atomic E-state index is 0.588. The summed E-state index contributed by atoms with van der Waals surface area (Å²) in [6.45, 7) is 2.07.